The van der Waals surface area contributed by atoms with Crippen molar-refractivity contribution in [1.29, 1.82) is 0 Å². The summed E-state index contributed by atoms with van der Waals surface area (Å²) < 4.78 is 0. The number of amides is 2. The van der Waals surface area contributed by atoms with Gasteiger partial charge in [-0.15, -0.1) is 0 Å². The average Bonchev–Trinajstić information content (AvgIpc) is 2.65. The number of hydrazine groups is 2. The van der Waals surface area contributed by atoms with Crippen molar-refractivity contribution >= 4 is 11.8 Å². The van der Waals surface area contributed by atoms with Gasteiger partial charge in [0.15, 0.2) is 23.0 Å². The van der Waals surface area contributed by atoms with Crippen molar-refractivity contribution in [2.75, 3.05) is 52.4 Å². The summed E-state index contributed by atoms with van der Waals surface area (Å²) in [7, 11) is 0. The van der Waals surface area contributed by atoms with Crippen LogP contribution in [0.25, 0.3) is 0 Å². The molecule has 0 aliphatic carbocycles. The molecule has 3 fully saturated rings. The molecule has 146 valence electrons. The summed E-state index contributed by atoms with van der Waals surface area (Å²) in [6, 6.07) is 0. The molecule has 3 rings (SSSR count). The maximum absolute atomic E-state index is 12.1. The van der Waals surface area contributed by atoms with Gasteiger partial charge in [0.05, 0.1) is 0 Å². The van der Waals surface area contributed by atoms with E-state index < -0.39 is 11.8 Å². The number of hydrogen-bond donors (Lipinski definition) is 2. The molecule has 0 radical (unpaired) electrons. The summed E-state index contributed by atoms with van der Waals surface area (Å²) in [6.45, 7) is 1.56. The summed E-state index contributed by atoms with van der Waals surface area (Å²) in [5, 5.41) is 49.2. The zero-order valence-corrected chi connectivity index (χ0v) is 20.2. The Labute approximate surface area is 205 Å². The Hall–Kier alpha value is -1.06. The number of hydrogen-bond acceptors (Lipinski definition) is 6. The number of carbonyl (C=O) groups is 2. The molecule has 0 spiro atoms. The van der Waals surface area contributed by atoms with E-state index in [0.29, 0.717) is 25.9 Å². The predicted molar refractivity (Wildman–Crippen MR) is 81.5 cm³/mol. The van der Waals surface area contributed by atoms with Crippen molar-refractivity contribution in [3.05, 3.63) is 20.8 Å². The molecule has 28 heavy (non-hydrogen) atoms. The van der Waals surface area contributed by atoms with Gasteiger partial charge in [0.2, 0.25) is 0 Å². The summed E-state index contributed by atoms with van der Waals surface area (Å²) in [5.41, 5.74) is 0. The smallest absolute Gasteiger partial charge is 0.665 e. The maximum atomic E-state index is 12.1. The van der Waals surface area contributed by atoms with Crippen molar-refractivity contribution in [2.24, 2.45) is 0 Å². The molecule has 2 amide bonds. The van der Waals surface area contributed by atoms with Crippen LogP contribution in [-0.4, -0.2) is 93.9 Å². The van der Waals surface area contributed by atoms with Crippen LogP contribution in [0.4, 0.5) is 0 Å². The second-order valence-electron chi connectivity index (χ2n) is 5.93. The van der Waals surface area contributed by atoms with E-state index in [1.165, 1.54) is 20.4 Å². The van der Waals surface area contributed by atoms with Crippen LogP contribution in [0.15, 0.2) is 0 Å². The quantitative estimate of drug-likeness (QED) is 0.146. The minimum Gasteiger partial charge on any atom is -0.665 e. The van der Waals surface area contributed by atoms with Crippen LogP contribution in [0.1, 0.15) is 12.8 Å². The summed E-state index contributed by atoms with van der Waals surface area (Å²) >= 11 is 0. The first-order valence-electron chi connectivity index (χ1n) is 8.26. The molecule has 0 unspecified atom stereocenters. The molecule has 2 bridgehead atoms. The first kappa shape index (κ1) is 26.9. The summed E-state index contributed by atoms with van der Waals surface area (Å²) in [5.74, 6) is -1.21. The van der Waals surface area contributed by atoms with E-state index in [0.717, 1.165) is 10.0 Å². The topological polar surface area (TPSA) is 173 Å². The number of rotatable bonds is 2. The second-order valence-corrected chi connectivity index (χ2v) is 5.93. The van der Waals surface area contributed by atoms with E-state index in [9.17, 15) is 30.4 Å². The Morgan fingerprint density at radius 1 is 0.643 bits per heavy atom. The monoisotopic (exact) mass is 420 g/mol. The second kappa shape index (κ2) is 13.2. The van der Waals surface area contributed by atoms with Crippen LogP contribution in [-0.2, 0) is 9.59 Å². The fraction of sp³-hybridized carbons (Fsp3) is 0.833. The summed E-state index contributed by atoms with van der Waals surface area (Å²) in [6.07, 6.45) is 0.695. The standard InChI is InChI=1S/C12H22N8O6.2Na/c21-11-12(22)16-4-2-6-18(20(26)14-24)10-9-17(19(25)13-23)5-1-3-15(11)7-8-16;;/h13-14H,1-10H2;;/q;2*+1/b19-13-,20-14-;;. The zero-order valence-electron chi connectivity index (χ0n) is 16.2. The molecule has 3 aliphatic heterocycles. The Bertz CT molecular complexity index is 544. The van der Waals surface area contributed by atoms with Crippen LogP contribution in [0.3, 0.4) is 0 Å². The summed E-state index contributed by atoms with van der Waals surface area (Å²) in [4.78, 5) is 27.1. The Morgan fingerprint density at radius 2 is 1.00 bits per heavy atom. The molecule has 3 saturated heterocycles. The van der Waals surface area contributed by atoms with E-state index >= 15 is 0 Å². The molecule has 3 heterocycles. The van der Waals surface area contributed by atoms with Crippen molar-refractivity contribution in [3.63, 3.8) is 0 Å². The largest absolute Gasteiger partial charge is 1.00 e. The number of piperazine rings is 1. The van der Waals surface area contributed by atoms with E-state index in [4.69, 9.17) is 0 Å². The van der Waals surface area contributed by atoms with Gasteiger partial charge in [-0.25, -0.2) is 0 Å². The van der Waals surface area contributed by atoms with E-state index in [1.54, 1.807) is 0 Å². The number of carbonyl (C=O) groups excluding carboxylic acids is 2. The minimum atomic E-state index is -0.607. The van der Waals surface area contributed by atoms with Crippen LogP contribution in [0.2, 0.25) is 0 Å². The Balaban J connectivity index is 0.00000364. The third-order valence-corrected chi connectivity index (χ3v) is 4.37. The van der Waals surface area contributed by atoms with Gasteiger partial charge >= 0.3 is 70.9 Å². The van der Waals surface area contributed by atoms with Crippen LogP contribution in [0.5, 0.6) is 0 Å². The van der Waals surface area contributed by atoms with E-state index in [2.05, 4.69) is 0 Å². The molecule has 0 aromatic heterocycles. The molecule has 0 aromatic carbocycles. The molecular formula is C12H22N8Na2O6+2. The molecule has 0 aromatic rings. The molecule has 0 atom stereocenters. The number of nitrogens with zero attached hydrogens (tertiary/aromatic N) is 6. The Kier molecular flexibility index (Phi) is 12.7. The van der Waals surface area contributed by atoms with Gasteiger partial charge in [0.1, 0.15) is 13.1 Å². The van der Waals surface area contributed by atoms with Crippen LogP contribution in [0, 0.1) is 20.8 Å². The van der Waals surface area contributed by atoms with Crippen molar-refractivity contribution in [2.45, 2.75) is 12.8 Å². The first-order valence-corrected chi connectivity index (χ1v) is 8.26. The average molecular weight is 420 g/mol. The number of nitrogens with one attached hydrogen (secondary N) is 2. The third-order valence-electron chi connectivity index (χ3n) is 4.37. The van der Waals surface area contributed by atoms with Gasteiger partial charge in [-0.3, -0.25) is 9.59 Å². The van der Waals surface area contributed by atoms with Crippen molar-refractivity contribution in [3.8, 4) is 0 Å². The maximum Gasteiger partial charge on any atom is 1.00 e. The van der Waals surface area contributed by atoms with Gasteiger partial charge in [-0.05, 0) is 20.6 Å². The predicted octanol–water partition coefficient (Wildman–Crippen LogP) is -11.0. The van der Waals surface area contributed by atoms with Gasteiger partial charge in [0, 0.05) is 39.0 Å². The fourth-order valence-electron chi connectivity index (χ4n) is 2.96. The van der Waals surface area contributed by atoms with Gasteiger partial charge in [-0.2, -0.15) is 0 Å². The van der Waals surface area contributed by atoms with Gasteiger partial charge < -0.3 is 30.6 Å². The van der Waals surface area contributed by atoms with Crippen molar-refractivity contribution in [1.82, 2.24) is 19.8 Å². The Morgan fingerprint density at radius 3 is 1.32 bits per heavy atom. The van der Waals surface area contributed by atoms with Crippen LogP contribution < -0.4 is 69.7 Å². The normalized spacial score (nSPS) is 20.4. The van der Waals surface area contributed by atoms with Crippen LogP contribution >= 0.6 is 0 Å². The minimum absolute atomic E-state index is 0. The number of fused-ring (bicyclic) bond motifs is 11. The van der Waals surface area contributed by atoms with Gasteiger partial charge in [0.25, 0.3) is 0 Å². The molecule has 16 heteroatoms. The zero-order chi connectivity index (χ0) is 19.1. The van der Waals surface area contributed by atoms with E-state index in [1.807, 2.05) is 0 Å². The molecule has 14 nitrogen and oxygen atoms in total. The molecular weight excluding hydrogens is 398 g/mol. The fourth-order valence-corrected chi connectivity index (χ4v) is 2.96. The SMILES string of the molecule is O=C1C(=O)N2CCCN(/[N+]([O-])=[NH+]/[O-])CCN(/[N+]([O-])=[NH+]/[O-])CCCN1CC2.[Na+].[Na+]. The van der Waals surface area contributed by atoms with E-state index in [-0.39, 0.29) is 108 Å². The van der Waals surface area contributed by atoms with Crippen molar-refractivity contribution < 1.29 is 89.2 Å². The van der Waals surface area contributed by atoms with Gasteiger partial charge in [-0.1, -0.05) is 0 Å². The molecule has 3 aliphatic rings. The third kappa shape index (κ3) is 7.08. The first-order chi connectivity index (χ1) is 12.5. The molecule has 0 saturated carbocycles. The molecule has 2 N–H and O–H groups in total.